The van der Waals surface area contributed by atoms with Crippen LogP contribution in [0.2, 0.25) is 0 Å². The van der Waals surface area contributed by atoms with Crippen LogP contribution in [0, 0.1) is 0 Å². The van der Waals surface area contributed by atoms with Crippen LogP contribution >= 0.6 is 0 Å². The molecule has 0 aliphatic carbocycles. The maximum Gasteiger partial charge on any atom is 1.00 e. The molecule has 0 saturated heterocycles. The summed E-state index contributed by atoms with van der Waals surface area (Å²) in [5.41, 5.74) is 0. The van der Waals surface area contributed by atoms with Gasteiger partial charge in [-0.1, -0.05) is 0 Å². The Hall–Kier alpha value is 0.980. The predicted octanol–water partition coefficient (Wildman–Crippen LogP) is -4.47. The van der Waals surface area contributed by atoms with Crippen LogP contribution in [0.15, 0.2) is 0 Å². The van der Waals surface area contributed by atoms with Crippen molar-refractivity contribution in [2.45, 2.75) is 0 Å². The van der Waals surface area contributed by atoms with Crippen LogP contribution in [0.1, 0.15) is 2.85 Å². The minimum atomic E-state index is -6.00. The van der Waals surface area contributed by atoms with Gasteiger partial charge < -0.3 is 20.1 Å². The van der Waals surface area contributed by atoms with Gasteiger partial charge in [-0.15, -0.1) is 0 Å². The van der Waals surface area contributed by atoms with Gasteiger partial charge in [0.05, 0.1) is 0 Å². The Bertz CT molecular complexity index is 32.0. The van der Waals surface area contributed by atoms with Crippen LogP contribution in [0.5, 0.6) is 0 Å². The summed E-state index contributed by atoms with van der Waals surface area (Å²) in [6.07, 6.45) is 0. The second-order valence-corrected chi connectivity index (χ2v) is 0.495. The first kappa shape index (κ1) is 15.7. The molecule has 7 heteroatoms. The fourth-order valence-electron chi connectivity index (χ4n) is 0. The minimum Gasteiger partial charge on any atom is -1.00 e. The summed E-state index contributed by atoms with van der Waals surface area (Å²) >= 11 is 0. The smallest absolute Gasteiger partial charge is 1.00 e. The number of rotatable bonds is 0. The molecule has 0 nitrogen and oxygen atoms in total. The Morgan fingerprint density at radius 3 is 0.857 bits per heavy atom. The molecule has 7 heavy (non-hydrogen) atoms. The van der Waals surface area contributed by atoms with Gasteiger partial charge in [0, 0.05) is 0 Å². The molecule has 0 aromatic heterocycles. The monoisotopic (exact) mass is 103 g/mol. The molecular formula is H2BF4Li2-. The van der Waals surface area contributed by atoms with Crippen molar-refractivity contribution in [3.63, 3.8) is 0 Å². The van der Waals surface area contributed by atoms with Crippen molar-refractivity contribution in [1.82, 2.24) is 0 Å². The Labute approximate surface area is 65.5 Å². The second kappa shape index (κ2) is 5.12. The van der Waals surface area contributed by atoms with Gasteiger partial charge in [0.2, 0.25) is 0 Å². The summed E-state index contributed by atoms with van der Waals surface area (Å²) in [5.74, 6) is 0. The molecule has 0 aromatic rings. The number of hydrogen-bond donors (Lipinski definition) is 0. The van der Waals surface area contributed by atoms with Gasteiger partial charge in [0.25, 0.3) is 0 Å². The molecule has 0 aliphatic rings. The van der Waals surface area contributed by atoms with E-state index in [2.05, 4.69) is 0 Å². The van der Waals surface area contributed by atoms with Crippen molar-refractivity contribution in [2.75, 3.05) is 0 Å². The van der Waals surface area contributed by atoms with E-state index in [-0.39, 0.29) is 40.6 Å². The molecule has 0 rings (SSSR count). The van der Waals surface area contributed by atoms with Crippen LogP contribution in [0.25, 0.3) is 0 Å². The van der Waals surface area contributed by atoms with Gasteiger partial charge in [-0.05, 0) is 0 Å². The van der Waals surface area contributed by atoms with Crippen molar-refractivity contribution >= 4 is 7.25 Å². The predicted molar refractivity (Wildman–Crippen MR) is 12.4 cm³/mol. The van der Waals surface area contributed by atoms with E-state index < -0.39 is 7.25 Å². The van der Waals surface area contributed by atoms with Gasteiger partial charge in [0.15, 0.2) is 0 Å². The molecule has 0 radical (unpaired) electrons. The van der Waals surface area contributed by atoms with Gasteiger partial charge in [0.1, 0.15) is 0 Å². The van der Waals surface area contributed by atoms with Gasteiger partial charge >= 0.3 is 45.0 Å². The summed E-state index contributed by atoms with van der Waals surface area (Å²) in [4.78, 5) is 0. The van der Waals surface area contributed by atoms with E-state index >= 15 is 0 Å². The van der Waals surface area contributed by atoms with Gasteiger partial charge in [-0.2, -0.15) is 0 Å². The summed E-state index contributed by atoms with van der Waals surface area (Å²) in [6.45, 7) is 0. The van der Waals surface area contributed by atoms with Crippen molar-refractivity contribution in [2.24, 2.45) is 0 Å². The maximum absolute atomic E-state index is 9.75. The quantitative estimate of drug-likeness (QED) is 0.214. The maximum atomic E-state index is 9.75. The van der Waals surface area contributed by atoms with E-state index in [1.807, 2.05) is 0 Å². The minimum absolute atomic E-state index is 0. The van der Waals surface area contributed by atoms with Gasteiger partial charge in [-0.3, -0.25) is 0 Å². The third-order valence-corrected chi connectivity index (χ3v) is 0. The normalized spacial score (nSPS) is 8.57. The molecule has 0 aliphatic heterocycles. The molecule has 0 amide bonds. The summed E-state index contributed by atoms with van der Waals surface area (Å²) in [7, 11) is -6.00. The second-order valence-electron chi connectivity index (χ2n) is 0.495. The molecule has 0 unspecified atom stereocenters. The van der Waals surface area contributed by atoms with E-state index in [1.54, 1.807) is 0 Å². The largest absolute Gasteiger partial charge is 1.00 e. The van der Waals surface area contributed by atoms with E-state index in [1.165, 1.54) is 0 Å². The molecule has 0 saturated carbocycles. The van der Waals surface area contributed by atoms with Crippen LogP contribution in [0.3, 0.4) is 0 Å². The molecular weight excluding hydrogens is 101 g/mol. The average Bonchev–Trinajstić information content (AvgIpc) is 0.722. The molecule has 0 aromatic carbocycles. The van der Waals surface area contributed by atoms with Crippen molar-refractivity contribution in [1.29, 1.82) is 0 Å². The number of hydrogen-bond acceptors (Lipinski definition) is 0. The fourth-order valence-corrected chi connectivity index (χ4v) is 0. The third-order valence-electron chi connectivity index (χ3n) is 0. The molecule has 0 fully saturated rings. The topological polar surface area (TPSA) is 0 Å². The van der Waals surface area contributed by atoms with Crippen LogP contribution < -0.4 is 37.7 Å². The number of halogens is 4. The zero-order chi connectivity index (χ0) is 4.50. The first-order chi connectivity index (χ1) is 2.00. The molecule has 0 spiro atoms. The zero-order valence-corrected chi connectivity index (χ0v) is 4.09. The Balaban J connectivity index is -0.0000000133. The standard InChI is InChI=1S/BF4.2Li.2H/c2-1(3,4)5;;;;/q-1;2*+1;2*-1. The Morgan fingerprint density at radius 2 is 0.857 bits per heavy atom. The van der Waals surface area contributed by atoms with E-state index in [0.29, 0.717) is 0 Å². The first-order valence-corrected chi connectivity index (χ1v) is 0.873. The van der Waals surface area contributed by atoms with Gasteiger partial charge in [-0.25, -0.2) is 0 Å². The molecule has 0 N–H and O–H groups in total. The summed E-state index contributed by atoms with van der Waals surface area (Å²) in [6, 6.07) is 0. The van der Waals surface area contributed by atoms with Crippen LogP contribution in [0.4, 0.5) is 17.3 Å². The first-order valence-electron chi connectivity index (χ1n) is 0.873. The average molecular weight is 103 g/mol. The van der Waals surface area contributed by atoms with E-state index in [0.717, 1.165) is 0 Å². The van der Waals surface area contributed by atoms with Crippen molar-refractivity contribution in [3.05, 3.63) is 0 Å². The van der Waals surface area contributed by atoms with Crippen LogP contribution in [-0.2, 0) is 0 Å². The van der Waals surface area contributed by atoms with Crippen molar-refractivity contribution < 1.29 is 57.8 Å². The Morgan fingerprint density at radius 1 is 0.857 bits per heavy atom. The van der Waals surface area contributed by atoms with Crippen LogP contribution in [-0.4, -0.2) is 7.25 Å². The fraction of sp³-hybridized carbons (Fsp3) is 0. The summed E-state index contributed by atoms with van der Waals surface area (Å²) < 4.78 is 39.0. The third kappa shape index (κ3) is 180. The van der Waals surface area contributed by atoms with E-state index in [4.69, 9.17) is 0 Å². The summed E-state index contributed by atoms with van der Waals surface area (Å²) in [5, 5.41) is 0. The van der Waals surface area contributed by atoms with Crippen molar-refractivity contribution in [3.8, 4) is 0 Å². The molecule has 0 atom stereocenters. The molecule has 0 bridgehead atoms. The molecule has 36 valence electrons. The zero-order valence-electron chi connectivity index (χ0n) is 6.09. The Kier molecular flexibility index (Phi) is 11.5. The van der Waals surface area contributed by atoms with E-state index in [9.17, 15) is 17.3 Å². The molecule has 0 heterocycles. The SMILES string of the molecule is F[B-](F)(F)F.[H-].[H-].[Li+].[Li+].